The number of hydrogen-bond acceptors (Lipinski definition) is 2. The van der Waals surface area contributed by atoms with E-state index in [-0.39, 0.29) is 5.60 Å². The minimum absolute atomic E-state index is 0.127. The predicted molar refractivity (Wildman–Crippen MR) is 90.6 cm³/mol. The van der Waals surface area contributed by atoms with Crippen molar-refractivity contribution in [3.63, 3.8) is 0 Å². The Labute approximate surface area is 132 Å². The summed E-state index contributed by atoms with van der Waals surface area (Å²) in [4.78, 5) is 0. The third-order valence-electron chi connectivity index (χ3n) is 5.69. The van der Waals surface area contributed by atoms with Crippen LogP contribution in [0.3, 0.4) is 0 Å². The number of hydrogen-bond donors (Lipinski definition) is 1. The van der Waals surface area contributed by atoms with Gasteiger partial charge >= 0.3 is 0 Å². The Kier molecular flexibility index (Phi) is 7.01. The van der Waals surface area contributed by atoms with Crippen molar-refractivity contribution in [2.45, 2.75) is 96.7 Å². The first-order chi connectivity index (χ1) is 10.2. The molecule has 2 saturated carbocycles. The lowest BCUT2D eigenvalue weighted by Gasteiger charge is -2.45. The molecule has 2 rings (SSSR count). The largest absolute Gasteiger partial charge is 0.370 e. The normalized spacial score (nSPS) is 37.6. The Morgan fingerprint density at radius 1 is 1.10 bits per heavy atom. The van der Waals surface area contributed by atoms with E-state index in [1.54, 1.807) is 0 Å². The summed E-state index contributed by atoms with van der Waals surface area (Å²) >= 11 is 0. The van der Waals surface area contributed by atoms with Gasteiger partial charge in [0.15, 0.2) is 0 Å². The molecule has 4 unspecified atom stereocenters. The molecule has 0 aromatic carbocycles. The van der Waals surface area contributed by atoms with E-state index in [9.17, 15) is 0 Å². The van der Waals surface area contributed by atoms with Gasteiger partial charge in [-0.05, 0) is 50.5 Å². The molecule has 1 N–H and O–H groups in total. The van der Waals surface area contributed by atoms with Gasteiger partial charge in [-0.2, -0.15) is 0 Å². The first-order valence-corrected chi connectivity index (χ1v) is 9.57. The van der Waals surface area contributed by atoms with Gasteiger partial charge in [-0.3, -0.25) is 0 Å². The summed E-state index contributed by atoms with van der Waals surface area (Å²) in [6.07, 6.45) is 13.8. The van der Waals surface area contributed by atoms with Gasteiger partial charge in [-0.15, -0.1) is 0 Å². The molecule has 0 aromatic rings. The number of rotatable bonds is 7. The highest BCUT2D eigenvalue weighted by molar-refractivity contribution is 4.91. The van der Waals surface area contributed by atoms with Gasteiger partial charge in [-0.25, -0.2) is 0 Å². The Balaban J connectivity index is 1.99. The average Bonchev–Trinajstić information content (AvgIpc) is 2.48. The first kappa shape index (κ1) is 17.3. The molecule has 2 aliphatic rings. The number of ether oxygens (including phenoxy) is 1. The van der Waals surface area contributed by atoms with Crippen LogP contribution in [0, 0.1) is 11.8 Å². The van der Waals surface area contributed by atoms with Crippen LogP contribution < -0.4 is 5.32 Å². The van der Waals surface area contributed by atoms with Crippen LogP contribution in [0.2, 0.25) is 0 Å². The Morgan fingerprint density at radius 2 is 1.90 bits per heavy atom. The fourth-order valence-corrected chi connectivity index (χ4v) is 4.53. The second kappa shape index (κ2) is 8.53. The predicted octanol–water partition coefficient (Wildman–Crippen LogP) is 4.92. The summed E-state index contributed by atoms with van der Waals surface area (Å²) < 4.78 is 6.88. The SMILES string of the molecule is CCCNCC1(OC2CCCCC2CC)CCCC(C)C1. The van der Waals surface area contributed by atoms with Crippen LogP contribution >= 0.6 is 0 Å². The van der Waals surface area contributed by atoms with Crippen molar-refractivity contribution in [2.75, 3.05) is 13.1 Å². The average molecular weight is 296 g/mol. The van der Waals surface area contributed by atoms with Gasteiger partial charge in [0, 0.05) is 6.54 Å². The van der Waals surface area contributed by atoms with E-state index in [4.69, 9.17) is 4.74 Å². The monoisotopic (exact) mass is 295 g/mol. The van der Waals surface area contributed by atoms with Crippen LogP contribution in [0.1, 0.15) is 85.0 Å². The summed E-state index contributed by atoms with van der Waals surface area (Å²) in [6, 6.07) is 0. The van der Waals surface area contributed by atoms with Gasteiger partial charge < -0.3 is 10.1 Å². The minimum Gasteiger partial charge on any atom is -0.370 e. The molecule has 0 aromatic heterocycles. The van der Waals surface area contributed by atoms with Crippen molar-refractivity contribution in [3.05, 3.63) is 0 Å². The van der Waals surface area contributed by atoms with Crippen LogP contribution in [0.4, 0.5) is 0 Å². The van der Waals surface area contributed by atoms with Crippen LogP contribution in [-0.2, 0) is 4.74 Å². The van der Waals surface area contributed by atoms with E-state index >= 15 is 0 Å². The van der Waals surface area contributed by atoms with E-state index in [0.29, 0.717) is 6.10 Å². The molecule has 124 valence electrons. The number of nitrogens with one attached hydrogen (secondary N) is 1. The van der Waals surface area contributed by atoms with Crippen molar-refractivity contribution >= 4 is 0 Å². The highest BCUT2D eigenvalue weighted by Gasteiger charge is 2.39. The van der Waals surface area contributed by atoms with E-state index in [1.165, 1.54) is 64.2 Å². The molecule has 21 heavy (non-hydrogen) atoms. The molecular formula is C19H37NO. The zero-order chi connectivity index (χ0) is 15.1. The van der Waals surface area contributed by atoms with E-state index in [0.717, 1.165) is 24.9 Å². The summed E-state index contributed by atoms with van der Waals surface area (Å²) in [5.41, 5.74) is 0.127. The fourth-order valence-electron chi connectivity index (χ4n) is 4.53. The zero-order valence-electron chi connectivity index (χ0n) is 14.6. The lowest BCUT2D eigenvalue weighted by molar-refractivity contribution is -0.147. The topological polar surface area (TPSA) is 21.3 Å². The van der Waals surface area contributed by atoms with Crippen molar-refractivity contribution in [3.8, 4) is 0 Å². The second-order valence-electron chi connectivity index (χ2n) is 7.67. The smallest absolute Gasteiger partial charge is 0.0812 e. The Bertz CT molecular complexity index is 293. The third kappa shape index (κ3) is 4.96. The molecule has 2 fully saturated rings. The highest BCUT2D eigenvalue weighted by Crippen LogP contribution is 2.39. The van der Waals surface area contributed by atoms with Gasteiger partial charge in [0.2, 0.25) is 0 Å². The van der Waals surface area contributed by atoms with Crippen molar-refractivity contribution in [2.24, 2.45) is 11.8 Å². The van der Waals surface area contributed by atoms with Crippen molar-refractivity contribution in [1.82, 2.24) is 5.32 Å². The van der Waals surface area contributed by atoms with Crippen molar-refractivity contribution < 1.29 is 4.74 Å². The minimum atomic E-state index is 0.127. The maximum absolute atomic E-state index is 6.88. The lowest BCUT2D eigenvalue weighted by Crippen LogP contribution is -2.50. The highest BCUT2D eigenvalue weighted by atomic mass is 16.5. The third-order valence-corrected chi connectivity index (χ3v) is 5.69. The molecule has 0 saturated heterocycles. The summed E-state index contributed by atoms with van der Waals surface area (Å²) in [6.45, 7) is 9.20. The molecule has 2 nitrogen and oxygen atoms in total. The van der Waals surface area contributed by atoms with Crippen LogP contribution in [0.25, 0.3) is 0 Å². The molecule has 4 atom stereocenters. The molecule has 0 aliphatic heterocycles. The molecule has 0 spiro atoms. The maximum atomic E-state index is 6.88. The van der Waals surface area contributed by atoms with Crippen molar-refractivity contribution in [1.29, 1.82) is 0 Å². The van der Waals surface area contributed by atoms with Crippen LogP contribution in [0.15, 0.2) is 0 Å². The second-order valence-corrected chi connectivity index (χ2v) is 7.67. The molecular weight excluding hydrogens is 258 g/mol. The molecule has 0 heterocycles. The summed E-state index contributed by atoms with van der Waals surface area (Å²) in [7, 11) is 0. The van der Waals surface area contributed by atoms with Gasteiger partial charge in [0.1, 0.15) is 0 Å². The van der Waals surface area contributed by atoms with Gasteiger partial charge in [-0.1, -0.05) is 52.9 Å². The Hall–Kier alpha value is -0.0800. The van der Waals surface area contributed by atoms with E-state index in [2.05, 4.69) is 26.1 Å². The lowest BCUT2D eigenvalue weighted by atomic mass is 9.77. The molecule has 0 radical (unpaired) electrons. The van der Waals surface area contributed by atoms with E-state index in [1.807, 2.05) is 0 Å². The van der Waals surface area contributed by atoms with Gasteiger partial charge in [0.05, 0.1) is 11.7 Å². The standard InChI is InChI=1S/C19H37NO/c1-4-13-20-15-19(12-8-9-16(3)14-19)21-18-11-7-6-10-17(18)5-2/h16-18,20H,4-15H2,1-3H3. The zero-order valence-corrected chi connectivity index (χ0v) is 14.6. The summed E-state index contributed by atoms with van der Waals surface area (Å²) in [5, 5.41) is 3.66. The molecule has 0 bridgehead atoms. The fraction of sp³-hybridized carbons (Fsp3) is 1.00. The summed E-state index contributed by atoms with van der Waals surface area (Å²) in [5.74, 6) is 1.63. The quantitative estimate of drug-likeness (QED) is 0.673. The van der Waals surface area contributed by atoms with Crippen LogP contribution in [0.5, 0.6) is 0 Å². The van der Waals surface area contributed by atoms with E-state index < -0.39 is 0 Å². The van der Waals surface area contributed by atoms with Crippen LogP contribution in [-0.4, -0.2) is 24.8 Å². The maximum Gasteiger partial charge on any atom is 0.0812 e. The first-order valence-electron chi connectivity index (χ1n) is 9.57. The molecule has 2 heteroatoms. The molecule has 0 amide bonds. The molecule has 2 aliphatic carbocycles. The van der Waals surface area contributed by atoms with Gasteiger partial charge in [0.25, 0.3) is 0 Å². The Morgan fingerprint density at radius 3 is 2.62 bits per heavy atom.